The van der Waals surface area contributed by atoms with Gasteiger partial charge in [-0.2, -0.15) is 0 Å². The number of carboxylic acid groups (broad SMARTS) is 1. The van der Waals surface area contributed by atoms with Gasteiger partial charge in [-0.3, -0.25) is 4.79 Å². The summed E-state index contributed by atoms with van der Waals surface area (Å²) in [5.41, 5.74) is -0.270. The predicted molar refractivity (Wildman–Crippen MR) is 73.3 cm³/mol. The normalized spacial score (nSPS) is 22.9. The summed E-state index contributed by atoms with van der Waals surface area (Å²) in [6, 6.07) is 0. The van der Waals surface area contributed by atoms with Crippen LogP contribution in [0.15, 0.2) is 5.38 Å². The van der Waals surface area contributed by atoms with Crippen molar-refractivity contribution in [3.05, 3.63) is 11.1 Å². The molecule has 1 saturated carbocycles. The summed E-state index contributed by atoms with van der Waals surface area (Å²) >= 11 is 1.52. The van der Waals surface area contributed by atoms with Crippen molar-refractivity contribution in [3.63, 3.8) is 0 Å². The Morgan fingerprint density at radius 1 is 1.67 bits per heavy atom. The van der Waals surface area contributed by atoms with Crippen LogP contribution in [0.25, 0.3) is 0 Å². The number of hydrogen-bond acceptors (Lipinski definition) is 4. The minimum absolute atomic E-state index is 0.644. The quantitative estimate of drug-likeness (QED) is 0.892. The third-order valence-electron chi connectivity index (χ3n) is 3.78. The highest BCUT2D eigenvalue weighted by atomic mass is 32.1. The Kier molecular flexibility index (Phi) is 3.36. The summed E-state index contributed by atoms with van der Waals surface area (Å²) in [6.07, 6.45) is 1.29. The van der Waals surface area contributed by atoms with Crippen molar-refractivity contribution in [2.75, 3.05) is 18.5 Å². The van der Waals surface area contributed by atoms with Crippen LogP contribution in [-0.2, 0) is 10.2 Å². The van der Waals surface area contributed by atoms with Crippen LogP contribution in [0.2, 0.25) is 0 Å². The first-order chi connectivity index (χ1) is 8.32. The molecule has 0 aromatic carbocycles. The Bertz CT molecular complexity index is 456. The molecule has 1 N–H and O–H groups in total. The van der Waals surface area contributed by atoms with Gasteiger partial charge in [-0.1, -0.05) is 6.92 Å². The zero-order valence-electron chi connectivity index (χ0n) is 11.3. The summed E-state index contributed by atoms with van der Waals surface area (Å²) in [6.45, 7) is 6.66. The average molecular weight is 268 g/mol. The van der Waals surface area contributed by atoms with Gasteiger partial charge < -0.3 is 10.0 Å². The molecule has 2 atom stereocenters. The largest absolute Gasteiger partial charge is 0.481 e. The van der Waals surface area contributed by atoms with E-state index in [4.69, 9.17) is 0 Å². The summed E-state index contributed by atoms with van der Waals surface area (Å²) < 4.78 is 0. The predicted octanol–water partition coefficient (Wildman–Crippen LogP) is 2.60. The molecule has 0 spiro atoms. The van der Waals surface area contributed by atoms with E-state index in [0.717, 1.165) is 23.5 Å². The molecule has 4 nitrogen and oxygen atoms in total. The number of anilines is 1. The molecule has 0 saturated heterocycles. The van der Waals surface area contributed by atoms with E-state index in [1.165, 1.54) is 17.8 Å². The monoisotopic (exact) mass is 268 g/mol. The van der Waals surface area contributed by atoms with Crippen LogP contribution < -0.4 is 4.90 Å². The van der Waals surface area contributed by atoms with Crippen molar-refractivity contribution in [2.45, 2.75) is 32.6 Å². The van der Waals surface area contributed by atoms with E-state index in [0.29, 0.717) is 5.69 Å². The zero-order valence-corrected chi connectivity index (χ0v) is 12.1. The van der Waals surface area contributed by atoms with Gasteiger partial charge in [0.05, 0.1) is 5.69 Å². The SMILES string of the molecule is CC1CC1CN(C)c1nc(C(C)(C)C(=O)O)cs1. The van der Waals surface area contributed by atoms with E-state index in [1.54, 1.807) is 13.8 Å². The first-order valence-electron chi connectivity index (χ1n) is 6.23. The first kappa shape index (κ1) is 13.3. The fraction of sp³-hybridized carbons (Fsp3) is 0.692. The van der Waals surface area contributed by atoms with E-state index in [9.17, 15) is 9.90 Å². The lowest BCUT2D eigenvalue weighted by Gasteiger charge is -2.17. The summed E-state index contributed by atoms with van der Waals surface area (Å²) in [4.78, 5) is 17.8. The van der Waals surface area contributed by atoms with Crippen molar-refractivity contribution in [3.8, 4) is 0 Å². The second-order valence-electron chi connectivity index (χ2n) is 5.80. The highest BCUT2D eigenvalue weighted by Crippen LogP contribution is 2.39. The number of nitrogens with zero attached hydrogens (tertiary/aromatic N) is 2. The second kappa shape index (κ2) is 4.53. The molecule has 18 heavy (non-hydrogen) atoms. The van der Waals surface area contributed by atoms with Gasteiger partial charge in [0.1, 0.15) is 5.41 Å². The van der Waals surface area contributed by atoms with Crippen molar-refractivity contribution < 1.29 is 9.90 Å². The van der Waals surface area contributed by atoms with Crippen molar-refractivity contribution in [1.29, 1.82) is 0 Å². The lowest BCUT2D eigenvalue weighted by Crippen LogP contribution is -2.29. The molecule has 2 unspecified atom stereocenters. The fourth-order valence-electron chi connectivity index (χ4n) is 1.92. The van der Waals surface area contributed by atoms with Gasteiger partial charge >= 0.3 is 5.97 Å². The highest BCUT2D eigenvalue weighted by Gasteiger charge is 2.35. The molecular formula is C13H20N2O2S. The highest BCUT2D eigenvalue weighted by molar-refractivity contribution is 7.13. The molecule has 0 aliphatic heterocycles. The summed E-state index contributed by atoms with van der Waals surface area (Å²) in [7, 11) is 2.03. The van der Waals surface area contributed by atoms with E-state index >= 15 is 0 Å². The third kappa shape index (κ3) is 2.51. The van der Waals surface area contributed by atoms with Gasteiger partial charge in [-0.05, 0) is 32.1 Å². The summed E-state index contributed by atoms with van der Waals surface area (Å²) in [5.74, 6) is 0.759. The summed E-state index contributed by atoms with van der Waals surface area (Å²) in [5, 5.41) is 12.0. The molecule has 2 rings (SSSR count). The van der Waals surface area contributed by atoms with Crippen molar-refractivity contribution in [2.24, 2.45) is 11.8 Å². The van der Waals surface area contributed by atoms with E-state index in [-0.39, 0.29) is 0 Å². The number of rotatable bonds is 5. The lowest BCUT2D eigenvalue weighted by atomic mass is 9.90. The van der Waals surface area contributed by atoms with Crippen molar-refractivity contribution in [1.82, 2.24) is 4.98 Å². The second-order valence-corrected chi connectivity index (χ2v) is 6.64. The maximum Gasteiger partial charge on any atom is 0.315 e. The molecule has 0 bridgehead atoms. The van der Waals surface area contributed by atoms with Crippen LogP contribution in [0.5, 0.6) is 0 Å². The molecular weight excluding hydrogens is 248 g/mol. The Morgan fingerprint density at radius 2 is 2.28 bits per heavy atom. The topological polar surface area (TPSA) is 53.4 Å². The van der Waals surface area contributed by atoms with Gasteiger partial charge in [0.2, 0.25) is 0 Å². The number of aromatic nitrogens is 1. The maximum absolute atomic E-state index is 11.2. The van der Waals surface area contributed by atoms with E-state index in [1.807, 2.05) is 12.4 Å². The van der Waals surface area contributed by atoms with Gasteiger partial charge in [0, 0.05) is 19.0 Å². The average Bonchev–Trinajstić information content (AvgIpc) is 2.83. The standard InChI is InChI=1S/C13H20N2O2S/c1-8-5-9(8)6-15(4)12-14-10(7-18-12)13(2,3)11(16)17/h7-9H,5-6H2,1-4H3,(H,16,17). The molecule has 1 fully saturated rings. The number of carbonyl (C=O) groups is 1. The molecule has 0 amide bonds. The molecule has 5 heteroatoms. The van der Waals surface area contributed by atoms with Gasteiger partial charge in [0.25, 0.3) is 0 Å². The van der Waals surface area contributed by atoms with Crippen LogP contribution in [0.3, 0.4) is 0 Å². The molecule has 1 heterocycles. The van der Waals surface area contributed by atoms with Gasteiger partial charge in [-0.25, -0.2) is 4.98 Å². The molecule has 1 aromatic heterocycles. The van der Waals surface area contributed by atoms with Crippen LogP contribution in [0.1, 0.15) is 32.9 Å². The number of carboxylic acids is 1. The van der Waals surface area contributed by atoms with Crippen LogP contribution >= 0.6 is 11.3 Å². The van der Waals surface area contributed by atoms with Crippen LogP contribution in [0.4, 0.5) is 5.13 Å². The first-order valence-corrected chi connectivity index (χ1v) is 7.11. The van der Waals surface area contributed by atoms with Crippen LogP contribution in [0, 0.1) is 11.8 Å². The molecule has 1 aromatic rings. The number of hydrogen-bond donors (Lipinski definition) is 1. The molecule has 100 valence electrons. The smallest absolute Gasteiger partial charge is 0.315 e. The fourth-order valence-corrected chi connectivity index (χ4v) is 2.89. The minimum Gasteiger partial charge on any atom is -0.481 e. The number of aliphatic carboxylic acids is 1. The Labute approximate surface area is 112 Å². The number of thiazole rings is 1. The zero-order chi connectivity index (χ0) is 13.5. The molecule has 1 aliphatic rings. The Balaban J connectivity index is 2.07. The van der Waals surface area contributed by atoms with E-state index in [2.05, 4.69) is 16.8 Å². The lowest BCUT2D eigenvalue weighted by molar-refractivity contribution is -0.142. The molecule has 1 aliphatic carbocycles. The van der Waals surface area contributed by atoms with E-state index < -0.39 is 11.4 Å². The molecule has 0 radical (unpaired) electrons. The maximum atomic E-state index is 11.2. The van der Waals surface area contributed by atoms with Crippen LogP contribution in [-0.4, -0.2) is 29.7 Å². The Hall–Kier alpha value is -1.10. The van der Waals surface area contributed by atoms with Gasteiger partial charge in [-0.15, -0.1) is 11.3 Å². The van der Waals surface area contributed by atoms with Gasteiger partial charge in [0.15, 0.2) is 5.13 Å². The Morgan fingerprint density at radius 3 is 2.78 bits per heavy atom. The minimum atomic E-state index is -0.914. The third-order valence-corrected chi connectivity index (χ3v) is 4.73. The van der Waals surface area contributed by atoms with Crippen molar-refractivity contribution >= 4 is 22.4 Å².